The molecule has 1 saturated heterocycles. The monoisotopic (exact) mass is 356 g/mol. The van der Waals surface area contributed by atoms with Crippen LogP contribution in [0.3, 0.4) is 0 Å². The van der Waals surface area contributed by atoms with E-state index in [0.29, 0.717) is 0 Å². The minimum atomic E-state index is -3.97. The molecule has 9 heteroatoms. The Hall–Kier alpha value is -0.530. The molecule has 110 valence electrons. The summed E-state index contributed by atoms with van der Waals surface area (Å²) in [6.45, 7) is 1.90. The molecule has 1 heterocycles. The zero-order valence-corrected chi connectivity index (χ0v) is 13.4. The van der Waals surface area contributed by atoms with Crippen LogP contribution in [-0.2, 0) is 14.8 Å². The van der Waals surface area contributed by atoms with Crippen molar-refractivity contribution in [1.82, 2.24) is 9.62 Å². The highest BCUT2D eigenvalue weighted by molar-refractivity contribution is 7.89. The second-order valence-corrected chi connectivity index (χ2v) is 7.36. The zero-order chi connectivity index (χ0) is 15.1. The van der Waals surface area contributed by atoms with Crippen LogP contribution >= 0.6 is 34.8 Å². The number of halogens is 3. The van der Waals surface area contributed by atoms with Gasteiger partial charge in [-0.05, 0) is 19.1 Å². The molecular weight excluding hydrogens is 347 g/mol. The van der Waals surface area contributed by atoms with Crippen molar-refractivity contribution in [2.75, 3.05) is 13.1 Å². The quantitative estimate of drug-likeness (QED) is 0.882. The van der Waals surface area contributed by atoms with Crippen molar-refractivity contribution in [2.45, 2.75) is 17.9 Å². The van der Waals surface area contributed by atoms with Crippen LogP contribution in [0.25, 0.3) is 0 Å². The van der Waals surface area contributed by atoms with E-state index < -0.39 is 16.1 Å². The standard InChI is InChI=1S/C11H11Cl3N2O3S/c1-6-11(17)15-2-3-16(6)20(18,19)10-8(13)4-7(12)5-9(10)14/h4-6H,2-3H2,1H3,(H,15,17). The van der Waals surface area contributed by atoms with Crippen LogP contribution in [0.2, 0.25) is 15.1 Å². The molecule has 1 fully saturated rings. The lowest BCUT2D eigenvalue weighted by molar-refractivity contribution is -0.126. The molecule has 2 rings (SSSR count). The fraction of sp³-hybridized carbons (Fsp3) is 0.364. The molecule has 0 saturated carbocycles. The lowest BCUT2D eigenvalue weighted by atomic mass is 10.2. The van der Waals surface area contributed by atoms with E-state index in [-0.39, 0.29) is 39.0 Å². The lowest BCUT2D eigenvalue weighted by Gasteiger charge is -2.32. The Morgan fingerprint density at radius 1 is 1.25 bits per heavy atom. The molecule has 0 aromatic heterocycles. The Labute approximate surface area is 131 Å². The molecule has 1 amide bonds. The zero-order valence-electron chi connectivity index (χ0n) is 10.4. The minimum absolute atomic E-state index is 0.0688. The molecule has 1 aliphatic rings. The number of nitrogens with one attached hydrogen (secondary N) is 1. The van der Waals surface area contributed by atoms with Crippen molar-refractivity contribution in [3.63, 3.8) is 0 Å². The third-order valence-electron chi connectivity index (χ3n) is 2.97. The lowest BCUT2D eigenvalue weighted by Crippen LogP contribution is -2.55. The van der Waals surface area contributed by atoms with Crippen molar-refractivity contribution in [3.05, 3.63) is 27.2 Å². The van der Waals surface area contributed by atoms with Crippen LogP contribution in [0.4, 0.5) is 0 Å². The molecule has 0 radical (unpaired) electrons. The molecule has 5 nitrogen and oxygen atoms in total. The van der Waals surface area contributed by atoms with Crippen molar-refractivity contribution in [2.24, 2.45) is 0 Å². The average Bonchev–Trinajstić information content (AvgIpc) is 2.30. The molecule has 1 N–H and O–H groups in total. The van der Waals surface area contributed by atoms with Gasteiger partial charge < -0.3 is 5.32 Å². The number of hydrogen-bond donors (Lipinski definition) is 1. The first-order valence-electron chi connectivity index (χ1n) is 5.69. The third-order valence-corrected chi connectivity index (χ3v) is 6.08. The van der Waals surface area contributed by atoms with Gasteiger partial charge in [0.2, 0.25) is 15.9 Å². The molecular formula is C11H11Cl3N2O3S. The number of nitrogens with zero attached hydrogens (tertiary/aromatic N) is 1. The van der Waals surface area contributed by atoms with E-state index in [0.717, 1.165) is 4.31 Å². The summed E-state index contributed by atoms with van der Waals surface area (Å²) in [5, 5.41) is 2.69. The van der Waals surface area contributed by atoms with Crippen molar-refractivity contribution < 1.29 is 13.2 Å². The maximum Gasteiger partial charge on any atom is 0.246 e. The number of carbonyl (C=O) groups is 1. The Bertz CT molecular complexity index is 640. The number of rotatable bonds is 2. The van der Waals surface area contributed by atoms with Crippen LogP contribution in [0.1, 0.15) is 6.92 Å². The van der Waals surface area contributed by atoms with Gasteiger partial charge in [0.1, 0.15) is 10.9 Å². The summed E-state index contributed by atoms with van der Waals surface area (Å²) < 4.78 is 26.3. The fourth-order valence-electron chi connectivity index (χ4n) is 1.98. The molecule has 1 atom stereocenters. The highest BCUT2D eigenvalue weighted by Crippen LogP contribution is 2.35. The smallest absolute Gasteiger partial charge is 0.246 e. The summed E-state index contributed by atoms with van der Waals surface area (Å²) in [4.78, 5) is 11.4. The van der Waals surface area contributed by atoms with Gasteiger partial charge in [-0.15, -0.1) is 0 Å². The molecule has 1 aliphatic heterocycles. The van der Waals surface area contributed by atoms with E-state index in [1.807, 2.05) is 0 Å². The summed E-state index contributed by atoms with van der Waals surface area (Å²) in [6, 6.07) is 1.78. The van der Waals surface area contributed by atoms with E-state index in [4.69, 9.17) is 34.8 Å². The fourth-order valence-corrected chi connectivity index (χ4v) is 5.07. The van der Waals surface area contributed by atoms with Gasteiger partial charge in [0.25, 0.3) is 0 Å². The SMILES string of the molecule is CC1C(=O)NCCN1S(=O)(=O)c1c(Cl)cc(Cl)cc1Cl. The number of amides is 1. The predicted molar refractivity (Wildman–Crippen MR) is 77.8 cm³/mol. The van der Waals surface area contributed by atoms with Gasteiger partial charge in [0, 0.05) is 18.1 Å². The first-order valence-corrected chi connectivity index (χ1v) is 8.26. The second kappa shape index (κ2) is 5.69. The van der Waals surface area contributed by atoms with Crippen LogP contribution in [0.15, 0.2) is 17.0 Å². The van der Waals surface area contributed by atoms with E-state index in [1.165, 1.54) is 19.1 Å². The first-order chi connectivity index (χ1) is 9.25. The summed E-state index contributed by atoms with van der Waals surface area (Å²) in [5.74, 6) is -0.360. The Kier molecular flexibility index (Phi) is 4.51. The van der Waals surface area contributed by atoms with Crippen molar-refractivity contribution in [3.8, 4) is 0 Å². The predicted octanol–water partition coefficient (Wildman–Crippen LogP) is 2.16. The summed E-state index contributed by atoms with van der Waals surface area (Å²) in [6.07, 6.45) is 0. The molecule has 0 aliphatic carbocycles. The average molecular weight is 358 g/mol. The van der Waals surface area contributed by atoms with Crippen molar-refractivity contribution in [1.29, 1.82) is 0 Å². The van der Waals surface area contributed by atoms with E-state index >= 15 is 0 Å². The Balaban J connectivity index is 2.53. The highest BCUT2D eigenvalue weighted by Gasteiger charge is 2.37. The Morgan fingerprint density at radius 3 is 2.35 bits per heavy atom. The van der Waals surface area contributed by atoms with Gasteiger partial charge >= 0.3 is 0 Å². The number of sulfonamides is 1. The van der Waals surface area contributed by atoms with E-state index in [2.05, 4.69) is 5.32 Å². The van der Waals surface area contributed by atoms with Gasteiger partial charge in [-0.2, -0.15) is 4.31 Å². The molecule has 0 spiro atoms. The van der Waals surface area contributed by atoms with Crippen LogP contribution < -0.4 is 5.32 Å². The maximum atomic E-state index is 12.6. The second-order valence-electron chi connectivity index (χ2n) is 4.28. The van der Waals surface area contributed by atoms with Crippen LogP contribution in [-0.4, -0.2) is 37.8 Å². The highest BCUT2D eigenvalue weighted by atomic mass is 35.5. The summed E-state index contributed by atoms with van der Waals surface area (Å²) in [7, 11) is -3.97. The Morgan fingerprint density at radius 2 is 1.80 bits per heavy atom. The number of benzene rings is 1. The summed E-state index contributed by atoms with van der Waals surface area (Å²) in [5.41, 5.74) is 0. The minimum Gasteiger partial charge on any atom is -0.353 e. The van der Waals surface area contributed by atoms with Crippen molar-refractivity contribution >= 4 is 50.7 Å². The molecule has 20 heavy (non-hydrogen) atoms. The van der Waals surface area contributed by atoms with Gasteiger partial charge in [-0.3, -0.25) is 4.79 Å². The van der Waals surface area contributed by atoms with Gasteiger partial charge in [-0.1, -0.05) is 34.8 Å². The normalized spacial score (nSPS) is 20.8. The number of carbonyl (C=O) groups excluding carboxylic acids is 1. The van der Waals surface area contributed by atoms with Gasteiger partial charge in [-0.25, -0.2) is 8.42 Å². The van der Waals surface area contributed by atoms with Gasteiger partial charge in [0.05, 0.1) is 10.0 Å². The largest absolute Gasteiger partial charge is 0.353 e. The van der Waals surface area contributed by atoms with Gasteiger partial charge in [0.15, 0.2) is 0 Å². The number of hydrogen-bond acceptors (Lipinski definition) is 3. The summed E-state index contributed by atoms with van der Waals surface area (Å²) >= 11 is 17.7. The van der Waals surface area contributed by atoms with Crippen LogP contribution in [0.5, 0.6) is 0 Å². The molecule has 1 aromatic carbocycles. The third kappa shape index (κ3) is 2.76. The van der Waals surface area contributed by atoms with E-state index in [9.17, 15) is 13.2 Å². The topological polar surface area (TPSA) is 66.5 Å². The first kappa shape index (κ1) is 15.9. The molecule has 1 unspecified atom stereocenters. The number of piperazine rings is 1. The molecule has 0 bridgehead atoms. The molecule has 1 aromatic rings. The van der Waals surface area contributed by atoms with E-state index in [1.54, 1.807) is 0 Å². The van der Waals surface area contributed by atoms with Crippen LogP contribution in [0, 0.1) is 0 Å². The maximum absolute atomic E-state index is 12.6.